The molecule has 0 bridgehead atoms. The van der Waals surface area contributed by atoms with E-state index >= 15 is 0 Å². The molecule has 0 saturated heterocycles. The summed E-state index contributed by atoms with van der Waals surface area (Å²) in [5.74, 6) is 0.756. The minimum atomic E-state index is 0.756. The predicted octanol–water partition coefficient (Wildman–Crippen LogP) is 9.87. The summed E-state index contributed by atoms with van der Waals surface area (Å²) in [7, 11) is 0. The van der Waals surface area contributed by atoms with E-state index in [-0.39, 0.29) is 0 Å². The molecule has 2 heteroatoms. The lowest BCUT2D eigenvalue weighted by Gasteiger charge is -2.13. The Bertz CT molecular complexity index is 2040. The number of rotatable bonds is 4. The molecule has 0 unspecified atom stereocenters. The Balaban J connectivity index is 1.30. The Kier molecular flexibility index (Phi) is 5.56. The van der Waals surface area contributed by atoms with Gasteiger partial charge in [-0.25, -0.2) is 9.97 Å². The third kappa shape index (κ3) is 4.13. The van der Waals surface area contributed by atoms with E-state index in [9.17, 15) is 0 Å². The second kappa shape index (κ2) is 9.69. The molecular weight excluding hydrogens is 496 g/mol. The second-order valence-corrected chi connectivity index (χ2v) is 10.6. The zero-order valence-corrected chi connectivity index (χ0v) is 22.5. The van der Waals surface area contributed by atoms with Crippen LogP contribution in [0.4, 0.5) is 0 Å². The first-order chi connectivity index (χ1) is 20.3. The highest BCUT2D eigenvalue weighted by Gasteiger charge is 2.25. The monoisotopic (exact) mass is 522 g/mol. The van der Waals surface area contributed by atoms with E-state index in [1.54, 1.807) is 0 Å². The molecule has 0 spiro atoms. The van der Waals surface area contributed by atoms with Crippen molar-refractivity contribution in [3.8, 4) is 56.2 Å². The molecule has 1 aliphatic rings. The van der Waals surface area contributed by atoms with E-state index in [4.69, 9.17) is 9.97 Å². The van der Waals surface area contributed by atoms with Crippen LogP contribution in [0.15, 0.2) is 146 Å². The molecule has 2 nitrogen and oxygen atoms in total. The quantitative estimate of drug-likeness (QED) is 0.230. The number of aromatic nitrogens is 2. The first-order valence-electron chi connectivity index (χ1n) is 14.1. The third-order valence-electron chi connectivity index (χ3n) is 8.15. The molecule has 0 saturated carbocycles. The van der Waals surface area contributed by atoms with Gasteiger partial charge in [-0.1, -0.05) is 140 Å². The second-order valence-electron chi connectivity index (χ2n) is 10.6. The van der Waals surface area contributed by atoms with E-state index in [2.05, 4.69) is 133 Å². The van der Waals surface area contributed by atoms with Gasteiger partial charge >= 0.3 is 0 Å². The average Bonchev–Trinajstić information content (AvgIpc) is 3.45. The maximum Gasteiger partial charge on any atom is 0.161 e. The highest BCUT2D eigenvalue weighted by Crippen LogP contribution is 2.45. The first-order valence-corrected chi connectivity index (χ1v) is 14.1. The molecule has 1 aromatic heterocycles. The van der Waals surface area contributed by atoms with Crippen molar-refractivity contribution in [3.63, 3.8) is 0 Å². The highest BCUT2D eigenvalue weighted by atomic mass is 14.9. The van der Waals surface area contributed by atoms with Gasteiger partial charge in [0.15, 0.2) is 5.82 Å². The zero-order valence-electron chi connectivity index (χ0n) is 22.5. The van der Waals surface area contributed by atoms with Crippen molar-refractivity contribution in [2.75, 3.05) is 0 Å². The molecule has 1 aliphatic carbocycles. The fourth-order valence-corrected chi connectivity index (χ4v) is 6.14. The molecule has 0 aliphatic heterocycles. The van der Waals surface area contributed by atoms with Gasteiger partial charge in [-0.05, 0) is 56.6 Å². The largest absolute Gasteiger partial charge is 0.228 e. The van der Waals surface area contributed by atoms with E-state index in [1.165, 1.54) is 44.2 Å². The van der Waals surface area contributed by atoms with Crippen molar-refractivity contribution in [2.45, 2.75) is 6.42 Å². The normalized spacial score (nSPS) is 11.8. The van der Waals surface area contributed by atoms with Gasteiger partial charge in [0.25, 0.3) is 0 Å². The van der Waals surface area contributed by atoms with E-state index in [0.717, 1.165) is 40.3 Å². The number of benzene rings is 6. The van der Waals surface area contributed by atoms with Gasteiger partial charge in [-0.15, -0.1) is 0 Å². The molecule has 192 valence electrons. The average molecular weight is 523 g/mol. The fourth-order valence-electron chi connectivity index (χ4n) is 6.14. The number of fused-ring (bicyclic) bond motifs is 5. The molecule has 6 aromatic carbocycles. The standard InChI is InChI=1S/C39H26N2/c1-3-10-26(11-4-1)27-18-20-30(21-19-27)37-25-36(29-13-5-2-6-14-29)40-39(41-37)34-17-9-15-31-24-35-32-16-8-7-12-28(32)22-23-33(35)38(31)34/h1-23,25H,24H2. The smallest absolute Gasteiger partial charge is 0.161 e. The molecule has 0 radical (unpaired) electrons. The minimum absolute atomic E-state index is 0.756. The lowest BCUT2D eigenvalue weighted by atomic mass is 9.96. The van der Waals surface area contributed by atoms with Crippen molar-refractivity contribution in [2.24, 2.45) is 0 Å². The van der Waals surface area contributed by atoms with Crippen LogP contribution in [-0.2, 0) is 6.42 Å². The predicted molar refractivity (Wildman–Crippen MR) is 170 cm³/mol. The number of hydrogen-bond donors (Lipinski definition) is 0. The third-order valence-corrected chi connectivity index (χ3v) is 8.15. The molecule has 0 fully saturated rings. The van der Waals surface area contributed by atoms with Gasteiger partial charge in [-0.3, -0.25) is 0 Å². The van der Waals surface area contributed by atoms with Crippen molar-refractivity contribution in [1.82, 2.24) is 9.97 Å². The van der Waals surface area contributed by atoms with Crippen LogP contribution >= 0.6 is 0 Å². The molecule has 41 heavy (non-hydrogen) atoms. The summed E-state index contributed by atoms with van der Waals surface area (Å²) < 4.78 is 0. The Hall–Kier alpha value is -5.34. The summed E-state index contributed by atoms with van der Waals surface area (Å²) >= 11 is 0. The molecule has 8 rings (SSSR count). The van der Waals surface area contributed by atoms with Crippen molar-refractivity contribution >= 4 is 10.8 Å². The summed E-state index contributed by atoms with van der Waals surface area (Å²) in [6.45, 7) is 0. The van der Waals surface area contributed by atoms with Gasteiger partial charge in [0.2, 0.25) is 0 Å². The number of hydrogen-bond acceptors (Lipinski definition) is 2. The topological polar surface area (TPSA) is 25.8 Å². The van der Waals surface area contributed by atoms with Crippen LogP contribution in [0, 0.1) is 0 Å². The lowest BCUT2D eigenvalue weighted by molar-refractivity contribution is 1.18. The summed E-state index contributed by atoms with van der Waals surface area (Å²) in [4.78, 5) is 10.4. The summed E-state index contributed by atoms with van der Waals surface area (Å²) in [5.41, 5.74) is 12.7. The van der Waals surface area contributed by atoms with E-state index in [0.29, 0.717) is 0 Å². The van der Waals surface area contributed by atoms with Crippen molar-refractivity contribution < 1.29 is 0 Å². The van der Waals surface area contributed by atoms with Gasteiger partial charge in [0.1, 0.15) is 0 Å². The Labute approximate surface area is 239 Å². The van der Waals surface area contributed by atoms with E-state index in [1.807, 2.05) is 12.1 Å². The first kappa shape index (κ1) is 23.5. The molecule has 0 amide bonds. The summed E-state index contributed by atoms with van der Waals surface area (Å²) in [6.07, 6.45) is 0.923. The molecule has 1 heterocycles. The SMILES string of the molecule is c1ccc(-c2ccc(-c3cc(-c4ccccc4)nc(-c4cccc5c4-c4ccc6ccccc6c4C5)n3)cc2)cc1. The van der Waals surface area contributed by atoms with Crippen molar-refractivity contribution in [1.29, 1.82) is 0 Å². The summed E-state index contributed by atoms with van der Waals surface area (Å²) in [6, 6.07) is 51.4. The van der Waals surface area contributed by atoms with Crippen LogP contribution in [0.5, 0.6) is 0 Å². The van der Waals surface area contributed by atoms with Gasteiger partial charge in [-0.2, -0.15) is 0 Å². The van der Waals surface area contributed by atoms with Gasteiger partial charge < -0.3 is 0 Å². The molecular formula is C39H26N2. The van der Waals surface area contributed by atoms with Crippen LogP contribution in [0.3, 0.4) is 0 Å². The van der Waals surface area contributed by atoms with Crippen LogP contribution in [-0.4, -0.2) is 9.97 Å². The molecule has 7 aromatic rings. The summed E-state index contributed by atoms with van der Waals surface area (Å²) in [5, 5.41) is 2.61. The number of nitrogens with zero attached hydrogens (tertiary/aromatic N) is 2. The van der Waals surface area contributed by atoms with Gasteiger partial charge in [0.05, 0.1) is 11.4 Å². The van der Waals surface area contributed by atoms with Crippen molar-refractivity contribution in [3.05, 3.63) is 157 Å². The van der Waals surface area contributed by atoms with Crippen LogP contribution < -0.4 is 0 Å². The minimum Gasteiger partial charge on any atom is -0.228 e. The Morgan fingerprint density at radius 3 is 1.80 bits per heavy atom. The maximum atomic E-state index is 5.20. The van der Waals surface area contributed by atoms with Crippen LogP contribution in [0.25, 0.3) is 66.9 Å². The molecule has 0 atom stereocenters. The van der Waals surface area contributed by atoms with Crippen LogP contribution in [0.2, 0.25) is 0 Å². The maximum absolute atomic E-state index is 5.20. The zero-order chi connectivity index (χ0) is 27.2. The van der Waals surface area contributed by atoms with Crippen LogP contribution in [0.1, 0.15) is 11.1 Å². The van der Waals surface area contributed by atoms with Gasteiger partial charge in [0, 0.05) is 16.7 Å². The fraction of sp³-hybridized carbons (Fsp3) is 0.0256. The lowest BCUT2D eigenvalue weighted by Crippen LogP contribution is -1.97. The highest BCUT2D eigenvalue weighted by molar-refractivity contribution is 5.98. The molecule has 0 N–H and O–H groups in total. The van der Waals surface area contributed by atoms with E-state index < -0.39 is 0 Å². The Morgan fingerprint density at radius 1 is 0.439 bits per heavy atom. The Morgan fingerprint density at radius 2 is 1.05 bits per heavy atom.